The highest BCUT2D eigenvalue weighted by Gasteiger charge is 2.25. The molecule has 142 valence electrons. The highest BCUT2D eigenvalue weighted by molar-refractivity contribution is 6.27. The van der Waals surface area contributed by atoms with Crippen LogP contribution < -0.4 is 5.32 Å². The number of aromatic nitrogens is 2. The van der Waals surface area contributed by atoms with Gasteiger partial charge in [0.1, 0.15) is 0 Å². The van der Waals surface area contributed by atoms with Gasteiger partial charge in [-0.1, -0.05) is 30.3 Å². The first-order valence-corrected chi connectivity index (χ1v) is 8.26. The van der Waals surface area contributed by atoms with E-state index < -0.39 is 11.9 Å². The van der Waals surface area contributed by atoms with E-state index in [4.69, 9.17) is 19.8 Å². The van der Waals surface area contributed by atoms with Crippen molar-refractivity contribution >= 4 is 17.8 Å². The number of carboxylic acids is 2. The lowest BCUT2D eigenvalue weighted by Crippen LogP contribution is -2.35. The molecule has 2 aromatic rings. The molecule has 1 aliphatic rings. The third-order valence-electron chi connectivity index (χ3n) is 4.10. The van der Waals surface area contributed by atoms with Crippen LogP contribution in [0.4, 0.5) is 0 Å². The van der Waals surface area contributed by atoms with Crippen molar-refractivity contribution in [2.45, 2.75) is 25.7 Å². The van der Waals surface area contributed by atoms with Gasteiger partial charge in [0.25, 0.3) is 0 Å². The number of nitrogens with zero attached hydrogens (tertiary/aromatic N) is 1. The predicted molar refractivity (Wildman–Crippen MR) is 96.8 cm³/mol. The number of fused-ring (bicyclic) bond motifs is 1. The molecule has 1 atom stereocenters. The number of aryl methyl sites for hydroxylation is 1. The number of nitrogens with one attached hydrogen (secondary N) is 2. The molecule has 3 rings (SSSR count). The molecule has 0 spiro atoms. The number of carbonyl (C=O) groups is 3. The summed E-state index contributed by atoms with van der Waals surface area (Å²) in [6.45, 7) is 0.704. The number of amides is 1. The van der Waals surface area contributed by atoms with E-state index >= 15 is 0 Å². The van der Waals surface area contributed by atoms with Gasteiger partial charge >= 0.3 is 11.9 Å². The van der Waals surface area contributed by atoms with Crippen molar-refractivity contribution in [3.05, 3.63) is 53.6 Å². The Bertz CT molecular complexity index is 756. The summed E-state index contributed by atoms with van der Waals surface area (Å²) in [6.07, 6.45) is 5.19. The number of aromatic amines is 1. The van der Waals surface area contributed by atoms with Gasteiger partial charge in [0.2, 0.25) is 5.91 Å². The topological polar surface area (TPSA) is 132 Å². The van der Waals surface area contributed by atoms with Gasteiger partial charge in [0, 0.05) is 27.4 Å². The third-order valence-corrected chi connectivity index (χ3v) is 4.10. The van der Waals surface area contributed by atoms with Gasteiger partial charge in [-0.2, -0.15) is 0 Å². The molecule has 0 bridgehead atoms. The number of hydrogen-bond donors (Lipinski definition) is 4. The van der Waals surface area contributed by atoms with Gasteiger partial charge in [-0.3, -0.25) is 4.79 Å². The van der Waals surface area contributed by atoms with Crippen LogP contribution in [0.15, 0.2) is 36.7 Å². The molecule has 0 fully saturated rings. The normalized spacial score (nSPS) is 15.2. The Kier molecular flexibility index (Phi) is 6.90. The first-order valence-electron chi connectivity index (χ1n) is 8.26. The molecule has 8 heteroatoms. The van der Waals surface area contributed by atoms with Crippen LogP contribution in [0.3, 0.4) is 0 Å². The number of hydrogen-bond acceptors (Lipinski definition) is 4. The Morgan fingerprint density at radius 2 is 1.88 bits per heavy atom. The summed E-state index contributed by atoms with van der Waals surface area (Å²) in [5.74, 6) is -3.40. The first-order chi connectivity index (χ1) is 12.5. The summed E-state index contributed by atoms with van der Waals surface area (Å²) in [7, 11) is 0. The van der Waals surface area contributed by atoms with E-state index in [0.29, 0.717) is 6.54 Å². The molecule has 26 heavy (non-hydrogen) atoms. The molecule has 1 aromatic carbocycles. The zero-order chi connectivity index (χ0) is 18.9. The van der Waals surface area contributed by atoms with E-state index in [9.17, 15) is 4.79 Å². The molecule has 1 unspecified atom stereocenters. The molecule has 1 aliphatic carbocycles. The second-order valence-electron chi connectivity index (χ2n) is 5.90. The molecule has 8 nitrogen and oxygen atoms in total. The van der Waals surface area contributed by atoms with Crippen LogP contribution in [0.2, 0.25) is 0 Å². The highest BCUT2D eigenvalue weighted by Crippen LogP contribution is 2.22. The van der Waals surface area contributed by atoms with Gasteiger partial charge in [-0.25, -0.2) is 14.6 Å². The standard InChI is InChI=1S/C16H19N3O.C2H2O4.2H2/c20-16(17-9-8-12-4-2-1-3-5-12)13-6-7-14-15(10-13)19-11-18-14;3-1(4)2(5)6;;/h1-5,11,13H,6-10H2,(H,17,20)(H,18,19);(H,3,4)(H,5,6);2*1H. The van der Waals surface area contributed by atoms with Crippen molar-refractivity contribution in [3.8, 4) is 0 Å². The fraction of sp³-hybridized carbons (Fsp3) is 0.333. The monoisotopic (exact) mass is 363 g/mol. The van der Waals surface area contributed by atoms with E-state index in [0.717, 1.165) is 37.1 Å². The van der Waals surface area contributed by atoms with Gasteiger partial charge in [-0.15, -0.1) is 0 Å². The van der Waals surface area contributed by atoms with Gasteiger partial charge < -0.3 is 20.5 Å². The van der Waals surface area contributed by atoms with Gasteiger partial charge in [-0.05, 0) is 24.8 Å². The second-order valence-corrected chi connectivity index (χ2v) is 5.90. The molecule has 0 saturated carbocycles. The van der Waals surface area contributed by atoms with Crippen molar-refractivity contribution in [1.29, 1.82) is 0 Å². The highest BCUT2D eigenvalue weighted by atomic mass is 16.4. The van der Waals surface area contributed by atoms with Crippen molar-refractivity contribution < 1.29 is 27.4 Å². The van der Waals surface area contributed by atoms with Crippen LogP contribution in [0.25, 0.3) is 0 Å². The lowest BCUT2D eigenvalue weighted by atomic mass is 9.89. The zero-order valence-electron chi connectivity index (χ0n) is 14.1. The van der Waals surface area contributed by atoms with E-state index in [-0.39, 0.29) is 14.7 Å². The van der Waals surface area contributed by atoms with Crippen molar-refractivity contribution in [3.63, 3.8) is 0 Å². The van der Waals surface area contributed by atoms with Crippen LogP contribution in [-0.4, -0.2) is 44.6 Å². The van der Waals surface area contributed by atoms with E-state index in [1.807, 2.05) is 18.2 Å². The predicted octanol–water partition coefficient (Wildman–Crippen LogP) is 1.52. The number of imidazole rings is 1. The molecule has 1 amide bonds. The van der Waals surface area contributed by atoms with Gasteiger partial charge in [0.15, 0.2) is 0 Å². The number of benzene rings is 1. The molecular weight excluding hydrogens is 338 g/mol. The lowest BCUT2D eigenvalue weighted by Gasteiger charge is -2.20. The van der Waals surface area contributed by atoms with Crippen molar-refractivity contribution in [1.82, 2.24) is 15.3 Å². The van der Waals surface area contributed by atoms with Crippen LogP contribution in [0, 0.1) is 5.92 Å². The zero-order valence-corrected chi connectivity index (χ0v) is 14.1. The van der Waals surface area contributed by atoms with Crippen LogP contribution in [-0.2, 0) is 33.6 Å². The maximum absolute atomic E-state index is 12.2. The first kappa shape index (κ1) is 19.2. The largest absolute Gasteiger partial charge is 0.473 e. The summed E-state index contributed by atoms with van der Waals surface area (Å²) < 4.78 is 0. The Morgan fingerprint density at radius 1 is 1.19 bits per heavy atom. The summed E-state index contributed by atoms with van der Waals surface area (Å²) in [4.78, 5) is 37.8. The fourth-order valence-corrected chi connectivity index (χ4v) is 2.74. The van der Waals surface area contributed by atoms with Crippen LogP contribution in [0.1, 0.15) is 26.2 Å². The molecule has 0 aliphatic heterocycles. The Labute approximate surface area is 153 Å². The SMILES string of the molecule is O=C(NCCc1ccccc1)C1CCc2nc[nH]c2C1.O=C(O)C(=O)O.[HH].[HH]. The fourth-order valence-electron chi connectivity index (χ4n) is 2.74. The third kappa shape index (κ3) is 5.73. The average molecular weight is 363 g/mol. The molecule has 1 heterocycles. The number of carbonyl (C=O) groups excluding carboxylic acids is 1. The minimum absolute atomic E-state index is 0. The number of aliphatic carboxylic acids is 2. The van der Waals surface area contributed by atoms with E-state index in [1.165, 1.54) is 5.56 Å². The van der Waals surface area contributed by atoms with Crippen LogP contribution in [0.5, 0.6) is 0 Å². The second kappa shape index (κ2) is 9.36. The molecule has 0 saturated heterocycles. The van der Waals surface area contributed by atoms with Crippen LogP contribution >= 0.6 is 0 Å². The Morgan fingerprint density at radius 3 is 2.54 bits per heavy atom. The minimum Gasteiger partial charge on any atom is -0.473 e. The summed E-state index contributed by atoms with van der Waals surface area (Å²) in [5.41, 5.74) is 3.50. The smallest absolute Gasteiger partial charge is 0.414 e. The van der Waals surface area contributed by atoms with E-state index in [1.54, 1.807) is 6.33 Å². The Balaban J connectivity index is 0.000000804. The van der Waals surface area contributed by atoms with Crippen molar-refractivity contribution in [2.75, 3.05) is 6.54 Å². The summed E-state index contributed by atoms with van der Waals surface area (Å²) in [6, 6.07) is 10.2. The molecular formula is C18H25N3O5. The van der Waals surface area contributed by atoms with Crippen molar-refractivity contribution in [2.24, 2.45) is 5.92 Å². The molecule has 1 aromatic heterocycles. The van der Waals surface area contributed by atoms with E-state index in [2.05, 4.69) is 27.4 Å². The number of H-pyrrole nitrogens is 1. The quantitative estimate of drug-likeness (QED) is 0.609. The summed E-state index contributed by atoms with van der Waals surface area (Å²) >= 11 is 0. The number of carboxylic acid groups (broad SMARTS) is 2. The maximum Gasteiger partial charge on any atom is 0.414 e. The molecule has 0 radical (unpaired) electrons. The number of rotatable bonds is 4. The minimum atomic E-state index is -1.82. The average Bonchev–Trinajstić information content (AvgIpc) is 3.10. The van der Waals surface area contributed by atoms with Gasteiger partial charge in [0.05, 0.1) is 12.0 Å². The maximum atomic E-state index is 12.2. The molecule has 4 N–H and O–H groups in total. The Hall–Kier alpha value is -3.16. The summed E-state index contributed by atoms with van der Waals surface area (Å²) in [5, 5.41) is 17.8. The lowest BCUT2D eigenvalue weighted by molar-refractivity contribution is -0.159.